The van der Waals surface area contributed by atoms with Crippen molar-refractivity contribution in [3.63, 3.8) is 0 Å². The van der Waals surface area contributed by atoms with Crippen LogP contribution >= 0.6 is 11.3 Å². The molecule has 1 rings (SSSR count). The second-order valence-electron chi connectivity index (χ2n) is 3.68. The highest BCUT2D eigenvalue weighted by Crippen LogP contribution is 2.34. The molecular formula is C9H15N3O4S2. The quantitative estimate of drug-likeness (QED) is 0.451. The Hall–Kier alpha value is -1.19. The molecule has 0 bridgehead atoms. The molecule has 0 amide bonds. The summed E-state index contributed by atoms with van der Waals surface area (Å²) in [7, 11) is -3.69. The Morgan fingerprint density at radius 1 is 1.50 bits per heavy atom. The molecule has 1 aromatic rings. The lowest BCUT2D eigenvalue weighted by Crippen LogP contribution is -2.23. The van der Waals surface area contributed by atoms with Gasteiger partial charge in [-0.3, -0.25) is 10.1 Å². The third-order valence-corrected chi connectivity index (χ3v) is 5.14. The largest absolute Gasteiger partial charge is 0.385 e. The Morgan fingerprint density at radius 3 is 2.67 bits per heavy atom. The van der Waals surface area contributed by atoms with E-state index in [0.717, 1.165) is 25.3 Å². The number of nitrogens with two attached hydrogens (primary N) is 1. The van der Waals surface area contributed by atoms with E-state index in [1.807, 2.05) is 6.92 Å². The number of anilines is 1. The summed E-state index contributed by atoms with van der Waals surface area (Å²) in [4.78, 5) is 9.89. The average Bonchev–Trinajstić information content (AvgIpc) is 2.68. The molecule has 1 heterocycles. The summed E-state index contributed by atoms with van der Waals surface area (Å²) in [5.74, 6) is 0. The van der Waals surface area contributed by atoms with Crippen LogP contribution in [0.3, 0.4) is 0 Å². The average molecular weight is 293 g/mol. The van der Waals surface area contributed by atoms with Crippen LogP contribution < -0.4 is 10.5 Å². The van der Waals surface area contributed by atoms with E-state index < -0.39 is 14.9 Å². The number of rotatable bonds is 7. The monoisotopic (exact) mass is 293 g/mol. The first-order chi connectivity index (χ1) is 8.38. The molecule has 18 heavy (non-hydrogen) atoms. The van der Waals surface area contributed by atoms with Crippen molar-refractivity contribution in [3.8, 4) is 0 Å². The van der Waals surface area contributed by atoms with Crippen LogP contribution in [-0.4, -0.2) is 19.9 Å². The van der Waals surface area contributed by atoms with Crippen LogP contribution in [0, 0.1) is 10.1 Å². The van der Waals surface area contributed by atoms with Gasteiger partial charge >= 0.3 is 5.69 Å². The van der Waals surface area contributed by atoms with E-state index in [0.29, 0.717) is 17.9 Å². The Labute approximate surface area is 109 Å². The summed E-state index contributed by atoms with van der Waals surface area (Å²) < 4.78 is 25.9. The predicted molar refractivity (Wildman–Crippen MR) is 70.1 cm³/mol. The molecule has 0 aliphatic carbocycles. The van der Waals surface area contributed by atoms with Crippen LogP contribution in [0.25, 0.3) is 0 Å². The Kier molecular flexibility index (Phi) is 5.05. The van der Waals surface area contributed by atoms with Crippen molar-refractivity contribution in [1.29, 1.82) is 0 Å². The standard InChI is InChI=1S/C9H15N3O4S2/c1-2-3-4-5-11-18(15,16)8-6-7(12(13)14)9(10)17-8/h6,11H,2-5,10H2,1H3. The zero-order valence-electron chi connectivity index (χ0n) is 9.88. The van der Waals surface area contributed by atoms with E-state index in [4.69, 9.17) is 5.73 Å². The molecule has 0 aliphatic rings. The van der Waals surface area contributed by atoms with Crippen molar-refractivity contribution in [2.75, 3.05) is 12.3 Å². The molecule has 9 heteroatoms. The van der Waals surface area contributed by atoms with Crippen molar-refractivity contribution in [3.05, 3.63) is 16.2 Å². The zero-order chi connectivity index (χ0) is 13.8. The van der Waals surface area contributed by atoms with Gasteiger partial charge in [-0.05, 0) is 6.42 Å². The molecule has 0 radical (unpaired) electrons. The number of nitro groups is 1. The van der Waals surface area contributed by atoms with Crippen molar-refractivity contribution in [1.82, 2.24) is 4.72 Å². The van der Waals surface area contributed by atoms with Gasteiger partial charge in [-0.2, -0.15) is 0 Å². The van der Waals surface area contributed by atoms with Crippen LogP contribution in [-0.2, 0) is 10.0 Å². The molecule has 0 atom stereocenters. The van der Waals surface area contributed by atoms with E-state index in [2.05, 4.69) is 4.72 Å². The molecule has 0 aromatic carbocycles. The first-order valence-electron chi connectivity index (χ1n) is 5.42. The van der Waals surface area contributed by atoms with E-state index in [1.165, 1.54) is 0 Å². The zero-order valence-corrected chi connectivity index (χ0v) is 11.5. The summed E-state index contributed by atoms with van der Waals surface area (Å²) >= 11 is 0.699. The highest BCUT2D eigenvalue weighted by atomic mass is 32.2. The van der Waals surface area contributed by atoms with Crippen molar-refractivity contribution >= 4 is 32.0 Å². The summed E-state index contributed by atoms with van der Waals surface area (Å²) in [5.41, 5.74) is 5.03. The summed E-state index contributed by atoms with van der Waals surface area (Å²) in [6, 6.07) is 0.988. The van der Waals surface area contributed by atoms with Gasteiger partial charge in [-0.15, -0.1) is 0 Å². The van der Waals surface area contributed by atoms with Gasteiger partial charge < -0.3 is 5.73 Å². The van der Waals surface area contributed by atoms with Crippen LogP contribution in [0.2, 0.25) is 0 Å². The molecule has 1 aromatic heterocycles. The minimum atomic E-state index is -3.69. The molecule has 0 fully saturated rings. The molecule has 0 aliphatic heterocycles. The van der Waals surface area contributed by atoms with Crippen molar-refractivity contribution < 1.29 is 13.3 Å². The minimum absolute atomic E-state index is 0.103. The predicted octanol–water partition coefficient (Wildman–Crippen LogP) is 1.71. The fourth-order valence-corrected chi connectivity index (χ4v) is 3.63. The lowest BCUT2D eigenvalue weighted by atomic mass is 10.3. The highest BCUT2D eigenvalue weighted by Gasteiger charge is 2.24. The minimum Gasteiger partial charge on any atom is -0.385 e. The first-order valence-corrected chi connectivity index (χ1v) is 7.71. The van der Waals surface area contributed by atoms with Crippen molar-refractivity contribution in [2.24, 2.45) is 0 Å². The molecule has 102 valence electrons. The topological polar surface area (TPSA) is 115 Å². The maximum Gasteiger partial charge on any atom is 0.304 e. The third-order valence-electron chi connectivity index (χ3n) is 2.25. The fraction of sp³-hybridized carbons (Fsp3) is 0.556. The fourth-order valence-electron chi connectivity index (χ4n) is 1.30. The number of nitrogen functional groups attached to an aromatic ring is 1. The number of thiophene rings is 1. The summed E-state index contributed by atoms with van der Waals surface area (Å²) in [6.07, 6.45) is 2.65. The van der Waals surface area contributed by atoms with Gasteiger partial charge in [0.05, 0.1) is 4.92 Å². The molecule has 0 saturated heterocycles. The van der Waals surface area contributed by atoms with E-state index in [9.17, 15) is 18.5 Å². The number of nitrogens with zero attached hydrogens (tertiary/aromatic N) is 1. The van der Waals surface area contributed by atoms with Gasteiger partial charge in [0, 0.05) is 12.6 Å². The van der Waals surface area contributed by atoms with Gasteiger partial charge in [-0.1, -0.05) is 31.1 Å². The van der Waals surface area contributed by atoms with Crippen LogP contribution in [0.4, 0.5) is 10.7 Å². The van der Waals surface area contributed by atoms with E-state index in [-0.39, 0.29) is 14.9 Å². The summed E-state index contributed by atoms with van der Waals surface area (Å²) in [5, 5.41) is 10.5. The van der Waals surface area contributed by atoms with Gasteiger partial charge in [0.2, 0.25) is 10.0 Å². The molecule has 7 nitrogen and oxygen atoms in total. The second kappa shape index (κ2) is 6.12. The van der Waals surface area contributed by atoms with Crippen molar-refractivity contribution in [2.45, 2.75) is 30.4 Å². The SMILES string of the molecule is CCCCCNS(=O)(=O)c1cc([N+](=O)[O-])c(N)s1. The molecule has 0 saturated carbocycles. The lowest BCUT2D eigenvalue weighted by Gasteiger charge is -2.03. The highest BCUT2D eigenvalue weighted by molar-refractivity contribution is 7.91. The Bertz CT molecular complexity index is 524. The van der Waals surface area contributed by atoms with Gasteiger partial charge in [0.25, 0.3) is 0 Å². The molecular weight excluding hydrogens is 278 g/mol. The number of hydrogen-bond acceptors (Lipinski definition) is 6. The van der Waals surface area contributed by atoms with Crippen LogP contribution in [0.15, 0.2) is 10.3 Å². The van der Waals surface area contributed by atoms with E-state index >= 15 is 0 Å². The number of nitrogens with one attached hydrogen (secondary N) is 1. The van der Waals surface area contributed by atoms with Crippen LogP contribution in [0.5, 0.6) is 0 Å². The van der Waals surface area contributed by atoms with Crippen LogP contribution in [0.1, 0.15) is 26.2 Å². The molecule has 3 N–H and O–H groups in total. The smallest absolute Gasteiger partial charge is 0.304 e. The Morgan fingerprint density at radius 2 is 2.17 bits per heavy atom. The molecule has 0 spiro atoms. The second-order valence-corrected chi connectivity index (χ2v) is 6.75. The number of sulfonamides is 1. The number of unbranched alkanes of at least 4 members (excludes halogenated alkanes) is 2. The Balaban J connectivity index is 2.79. The number of hydrogen-bond donors (Lipinski definition) is 2. The van der Waals surface area contributed by atoms with E-state index in [1.54, 1.807) is 0 Å². The van der Waals surface area contributed by atoms with Gasteiger partial charge in [0.1, 0.15) is 4.21 Å². The van der Waals surface area contributed by atoms with Gasteiger partial charge in [0.15, 0.2) is 5.00 Å². The first kappa shape index (κ1) is 14.9. The maximum atomic E-state index is 11.8. The maximum absolute atomic E-state index is 11.8. The lowest BCUT2D eigenvalue weighted by molar-refractivity contribution is -0.383. The normalized spacial score (nSPS) is 11.6. The summed E-state index contributed by atoms with van der Waals surface area (Å²) in [6.45, 7) is 2.33. The third kappa shape index (κ3) is 3.65. The molecule has 0 unspecified atom stereocenters. The van der Waals surface area contributed by atoms with Gasteiger partial charge in [-0.25, -0.2) is 13.1 Å².